The van der Waals surface area contributed by atoms with Crippen molar-refractivity contribution >= 4 is 44.2 Å². The van der Waals surface area contributed by atoms with Crippen LogP contribution >= 0.6 is 22.9 Å². The normalized spacial score (nSPS) is 11.0. The molecular weight excluding hydrogens is 410 g/mol. The first-order valence-corrected chi connectivity index (χ1v) is 10.2. The van der Waals surface area contributed by atoms with E-state index in [0.29, 0.717) is 40.2 Å². The van der Waals surface area contributed by atoms with Crippen molar-refractivity contribution in [2.24, 2.45) is 0 Å². The minimum absolute atomic E-state index is 0.233. The van der Waals surface area contributed by atoms with E-state index in [4.69, 9.17) is 16.3 Å². The van der Waals surface area contributed by atoms with Crippen LogP contribution in [0.25, 0.3) is 10.2 Å². The van der Waals surface area contributed by atoms with E-state index in [2.05, 4.69) is 15.1 Å². The third-order valence-electron chi connectivity index (χ3n) is 4.42. The summed E-state index contributed by atoms with van der Waals surface area (Å²) in [6.07, 6.45) is 5.18. The summed E-state index contributed by atoms with van der Waals surface area (Å²) < 4.78 is 7.90. The van der Waals surface area contributed by atoms with Crippen LogP contribution in [0.2, 0.25) is 5.02 Å². The summed E-state index contributed by atoms with van der Waals surface area (Å²) in [5.41, 5.74) is 1.92. The number of hydrogen-bond acceptors (Lipinski definition) is 6. The third-order valence-corrected chi connectivity index (χ3v) is 5.96. The van der Waals surface area contributed by atoms with Crippen molar-refractivity contribution in [1.82, 2.24) is 19.7 Å². The molecule has 0 aliphatic heterocycles. The van der Waals surface area contributed by atoms with E-state index in [1.165, 1.54) is 11.3 Å². The number of aromatic nitrogens is 4. The number of ether oxygens (including phenoxy) is 1. The maximum absolute atomic E-state index is 13.3. The predicted molar refractivity (Wildman–Crippen MR) is 114 cm³/mol. The number of rotatable bonds is 6. The zero-order valence-corrected chi connectivity index (χ0v) is 17.4. The molecule has 4 aromatic rings. The van der Waals surface area contributed by atoms with Crippen LogP contribution in [0.15, 0.2) is 48.9 Å². The Balaban J connectivity index is 1.80. The van der Waals surface area contributed by atoms with Crippen molar-refractivity contribution in [1.29, 1.82) is 0 Å². The quantitative estimate of drug-likeness (QED) is 0.455. The molecule has 7 nitrogen and oxygen atoms in total. The second-order valence-corrected chi connectivity index (χ2v) is 7.61. The first kappa shape index (κ1) is 19.4. The minimum atomic E-state index is -0.233. The van der Waals surface area contributed by atoms with E-state index in [-0.39, 0.29) is 5.91 Å². The third kappa shape index (κ3) is 3.81. The van der Waals surface area contributed by atoms with E-state index in [1.807, 2.05) is 19.1 Å². The molecular formula is C20H18ClN5O2S. The number of fused-ring (bicyclic) bond motifs is 1. The highest BCUT2D eigenvalue weighted by Gasteiger charge is 2.25. The number of amides is 1. The molecule has 3 heterocycles. The van der Waals surface area contributed by atoms with Crippen molar-refractivity contribution < 1.29 is 9.53 Å². The summed E-state index contributed by atoms with van der Waals surface area (Å²) in [5.74, 6) is 0.377. The Labute approximate surface area is 176 Å². The highest BCUT2D eigenvalue weighted by molar-refractivity contribution is 7.23. The number of carbonyl (C=O) groups is 1. The van der Waals surface area contributed by atoms with Crippen molar-refractivity contribution in [2.45, 2.75) is 20.0 Å². The molecule has 0 unspecified atom stereocenters. The molecule has 0 radical (unpaired) electrons. The van der Waals surface area contributed by atoms with Crippen LogP contribution < -0.4 is 9.64 Å². The molecule has 9 heteroatoms. The first-order chi connectivity index (χ1) is 14.1. The van der Waals surface area contributed by atoms with Gasteiger partial charge in [-0.1, -0.05) is 22.9 Å². The van der Waals surface area contributed by atoms with E-state index in [1.54, 1.807) is 53.5 Å². The fourth-order valence-electron chi connectivity index (χ4n) is 2.91. The lowest BCUT2D eigenvalue weighted by Gasteiger charge is -2.18. The predicted octanol–water partition coefficient (Wildman–Crippen LogP) is 4.42. The van der Waals surface area contributed by atoms with Gasteiger partial charge >= 0.3 is 0 Å². The Morgan fingerprint density at radius 1 is 1.24 bits per heavy atom. The van der Waals surface area contributed by atoms with Gasteiger partial charge in [0.25, 0.3) is 5.91 Å². The summed E-state index contributed by atoms with van der Waals surface area (Å²) >= 11 is 7.72. The van der Waals surface area contributed by atoms with Gasteiger partial charge in [0.2, 0.25) is 0 Å². The number of methoxy groups -OCH3 is 1. The highest BCUT2D eigenvalue weighted by atomic mass is 35.5. The van der Waals surface area contributed by atoms with Crippen LogP contribution in [0.4, 0.5) is 5.13 Å². The van der Waals surface area contributed by atoms with E-state index in [0.717, 1.165) is 10.3 Å². The molecule has 148 valence electrons. The molecule has 0 bridgehead atoms. The number of aryl methyl sites for hydroxylation is 1. The Kier molecular flexibility index (Phi) is 5.46. The number of benzene rings is 1. The van der Waals surface area contributed by atoms with Gasteiger partial charge in [-0.2, -0.15) is 5.10 Å². The van der Waals surface area contributed by atoms with Gasteiger partial charge in [0.15, 0.2) is 10.8 Å². The summed E-state index contributed by atoms with van der Waals surface area (Å²) in [5, 5.41) is 5.45. The first-order valence-electron chi connectivity index (χ1n) is 8.98. The fraction of sp³-hybridized carbons (Fsp3) is 0.200. The van der Waals surface area contributed by atoms with Crippen molar-refractivity contribution in [3.8, 4) is 5.75 Å². The van der Waals surface area contributed by atoms with Gasteiger partial charge in [0, 0.05) is 25.1 Å². The number of thiazole rings is 1. The summed E-state index contributed by atoms with van der Waals surface area (Å²) in [6, 6.07) is 8.98. The molecule has 4 rings (SSSR count). The fourth-order valence-corrected chi connectivity index (χ4v) is 4.16. The number of hydrogen-bond donors (Lipinski definition) is 0. The van der Waals surface area contributed by atoms with Gasteiger partial charge in [-0.15, -0.1) is 0 Å². The maximum atomic E-state index is 13.3. The van der Waals surface area contributed by atoms with Crippen LogP contribution in [0.3, 0.4) is 0 Å². The Morgan fingerprint density at radius 2 is 2.03 bits per heavy atom. The Hall–Kier alpha value is -2.97. The molecule has 29 heavy (non-hydrogen) atoms. The molecule has 0 saturated heterocycles. The monoisotopic (exact) mass is 427 g/mol. The molecule has 1 amide bonds. The number of anilines is 1. The van der Waals surface area contributed by atoms with E-state index >= 15 is 0 Å². The van der Waals surface area contributed by atoms with Gasteiger partial charge < -0.3 is 4.74 Å². The lowest BCUT2D eigenvalue weighted by Crippen LogP contribution is -2.30. The summed E-state index contributed by atoms with van der Waals surface area (Å²) in [4.78, 5) is 23.7. The molecule has 1 aromatic carbocycles. The lowest BCUT2D eigenvalue weighted by molar-refractivity contribution is 0.0979. The van der Waals surface area contributed by atoms with Crippen molar-refractivity contribution in [3.05, 3.63) is 65.2 Å². The van der Waals surface area contributed by atoms with Gasteiger partial charge in [0.05, 0.1) is 23.4 Å². The average molecular weight is 428 g/mol. The van der Waals surface area contributed by atoms with E-state index < -0.39 is 0 Å². The molecule has 0 N–H and O–H groups in total. The Bertz CT molecular complexity index is 1160. The smallest absolute Gasteiger partial charge is 0.280 e. The van der Waals surface area contributed by atoms with Gasteiger partial charge in [0.1, 0.15) is 11.3 Å². The SMILES string of the molecule is CCn1ccc(C(=O)N(Cc2ccncc2)c2nc3c(OC)ccc(Cl)c3s2)n1. The molecule has 0 atom stereocenters. The van der Waals surface area contributed by atoms with Crippen LogP contribution in [0.1, 0.15) is 23.0 Å². The largest absolute Gasteiger partial charge is 0.494 e. The van der Waals surface area contributed by atoms with Crippen LogP contribution in [0.5, 0.6) is 5.75 Å². The molecule has 0 aliphatic rings. The standard InChI is InChI=1S/C20H18ClN5O2S/c1-3-25-11-8-15(24-25)19(27)26(12-13-6-9-22-10-7-13)20-23-17-16(28-2)5-4-14(21)18(17)29-20/h4-11H,3,12H2,1-2H3. The van der Waals surface area contributed by atoms with Crippen LogP contribution in [-0.4, -0.2) is 32.8 Å². The van der Waals surface area contributed by atoms with Gasteiger partial charge in [-0.05, 0) is 42.8 Å². The van der Waals surface area contributed by atoms with Crippen molar-refractivity contribution in [2.75, 3.05) is 12.0 Å². The van der Waals surface area contributed by atoms with Crippen LogP contribution in [-0.2, 0) is 13.1 Å². The minimum Gasteiger partial charge on any atom is -0.494 e. The number of carbonyl (C=O) groups excluding carboxylic acids is 1. The van der Waals surface area contributed by atoms with E-state index in [9.17, 15) is 4.79 Å². The summed E-state index contributed by atoms with van der Waals surface area (Å²) in [6.45, 7) is 2.99. The zero-order valence-electron chi connectivity index (χ0n) is 15.9. The second kappa shape index (κ2) is 8.18. The van der Waals surface area contributed by atoms with Crippen LogP contribution in [0, 0.1) is 0 Å². The number of pyridine rings is 1. The maximum Gasteiger partial charge on any atom is 0.280 e. The molecule has 0 saturated carbocycles. The average Bonchev–Trinajstić information content (AvgIpc) is 3.40. The molecule has 0 fully saturated rings. The topological polar surface area (TPSA) is 73.1 Å². The summed E-state index contributed by atoms with van der Waals surface area (Å²) in [7, 11) is 1.58. The zero-order chi connectivity index (χ0) is 20.4. The highest BCUT2D eigenvalue weighted by Crippen LogP contribution is 2.39. The second-order valence-electron chi connectivity index (χ2n) is 6.23. The molecule has 3 aromatic heterocycles. The molecule has 0 aliphatic carbocycles. The van der Waals surface area contributed by atoms with Crippen molar-refractivity contribution in [3.63, 3.8) is 0 Å². The molecule has 0 spiro atoms. The Morgan fingerprint density at radius 3 is 2.72 bits per heavy atom. The van der Waals surface area contributed by atoms with Gasteiger partial charge in [-0.3, -0.25) is 19.4 Å². The number of halogens is 1. The number of nitrogens with zero attached hydrogens (tertiary/aromatic N) is 5. The van der Waals surface area contributed by atoms with Gasteiger partial charge in [-0.25, -0.2) is 4.98 Å². The lowest BCUT2D eigenvalue weighted by atomic mass is 10.2.